The molecule has 0 unspecified atom stereocenters. The Bertz CT molecular complexity index is 951. The number of anilines is 1. The molecule has 0 radical (unpaired) electrons. The number of aryl methyl sites for hydroxylation is 2. The van der Waals surface area contributed by atoms with Crippen LogP contribution >= 0.6 is 11.8 Å². The van der Waals surface area contributed by atoms with Crippen LogP contribution in [0, 0.1) is 13.8 Å². The smallest absolute Gasteiger partial charge is 0.325 e. The number of benzene rings is 1. The summed E-state index contributed by atoms with van der Waals surface area (Å²) in [6.07, 6.45) is 1.69. The fourth-order valence-electron chi connectivity index (χ4n) is 2.13. The van der Waals surface area contributed by atoms with Crippen molar-refractivity contribution in [3.05, 3.63) is 64.2 Å². The van der Waals surface area contributed by atoms with E-state index in [2.05, 4.69) is 15.3 Å². The van der Waals surface area contributed by atoms with Crippen LogP contribution in [0.5, 0.6) is 0 Å². The Labute approximate surface area is 143 Å². The fourth-order valence-corrected chi connectivity index (χ4v) is 2.76. The lowest BCUT2D eigenvalue weighted by molar-refractivity contribution is -0.113. The molecule has 0 atom stereocenters. The standard InChI is InChI=1S/C17H16N4O2S/c1-11-3-6-13(7-4-11)18-15(22)10-24-16-19-14-8-5-12(2)9-21(14)17(23)20-16/h3-9H,10H2,1-2H3,(H,18,22). The van der Waals surface area contributed by atoms with E-state index in [9.17, 15) is 9.59 Å². The van der Waals surface area contributed by atoms with Crippen LogP contribution in [0.1, 0.15) is 11.1 Å². The summed E-state index contributed by atoms with van der Waals surface area (Å²) in [5.41, 5.74) is 2.93. The summed E-state index contributed by atoms with van der Waals surface area (Å²) in [4.78, 5) is 32.2. The molecule has 7 heteroatoms. The van der Waals surface area contributed by atoms with Crippen LogP contribution < -0.4 is 11.0 Å². The summed E-state index contributed by atoms with van der Waals surface area (Å²) in [6, 6.07) is 11.2. The molecule has 0 aliphatic heterocycles. The van der Waals surface area contributed by atoms with Crippen molar-refractivity contribution in [1.82, 2.24) is 14.4 Å². The number of hydrogen-bond donors (Lipinski definition) is 1. The molecule has 3 rings (SSSR count). The number of thioether (sulfide) groups is 1. The predicted octanol–water partition coefficient (Wildman–Crippen LogP) is 2.44. The maximum Gasteiger partial charge on any atom is 0.355 e. The van der Waals surface area contributed by atoms with Gasteiger partial charge in [0.15, 0.2) is 5.16 Å². The highest BCUT2D eigenvalue weighted by molar-refractivity contribution is 7.99. The number of carbonyl (C=O) groups excluding carboxylic acids is 1. The number of carbonyl (C=O) groups is 1. The number of rotatable bonds is 4. The molecule has 2 aromatic heterocycles. The molecule has 2 heterocycles. The maximum atomic E-state index is 12.0. The topological polar surface area (TPSA) is 76.4 Å². The molecule has 0 bridgehead atoms. The first-order chi connectivity index (χ1) is 11.5. The van der Waals surface area contributed by atoms with Gasteiger partial charge in [-0.25, -0.2) is 9.78 Å². The van der Waals surface area contributed by atoms with Gasteiger partial charge in [-0.3, -0.25) is 9.20 Å². The van der Waals surface area contributed by atoms with Gasteiger partial charge in [0.2, 0.25) is 5.91 Å². The number of aromatic nitrogens is 3. The first-order valence-electron chi connectivity index (χ1n) is 7.38. The lowest BCUT2D eigenvalue weighted by atomic mass is 10.2. The van der Waals surface area contributed by atoms with Crippen LogP contribution in [0.4, 0.5) is 5.69 Å². The van der Waals surface area contributed by atoms with Gasteiger partial charge in [-0.2, -0.15) is 4.98 Å². The molecular weight excluding hydrogens is 324 g/mol. The Morgan fingerprint density at radius 1 is 1.08 bits per heavy atom. The van der Waals surface area contributed by atoms with Crippen LogP contribution in [0.15, 0.2) is 52.5 Å². The van der Waals surface area contributed by atoms with Crippen molar-refractivity contribution < 1.29 is 4.79 Å². The quantitative estimate of drug-likeness (QED) is 0.738. The summed E-state index contributed by atoms with van der Waals surface area (Å²) < 4.78 is 1.39. The molecule has 0 spiro atoms. The minimum Gasteiger partial charge on any atom is -0.325 e. The van der Waals surface area contributed by atoms with Crippen molar-refractivity contribution in [1.29, 1.82) is 0 Å². The van der Waals surface area contributed by atoms with E-state index in [1.807, 2.05) is 44.2 Å². The number of fused-ring (bicyclic) bond motifs is 1. The molecule has 0 fully saturated rings. The van der Waals surface area contributed by atoms with Gasteiger partial charge in [-0.15, -0.1) is 0 Å². The first kappa shape index (κ1) is 16.2. The minimum atomic E-state index is -0.398. The van der Waals surface area contributed by atoms with Gasteiger partial charge < -0.3 is 5.32 Å². The monoisotopic (exact) mass is 340 g/mol. The minimum absolute atomic E-state index is 0.134. The molecule has 0 saturated carbocycles. The number of hydrogen-bond acceptors (Lipinski definition) is 5. The normalized spacial score (nSPS) is 10.8. The molecule has 0 saturated heterocycles. The number of nitrogens with one attached hydrogen (secondary N) is 1. The first-order valence-corrected chi connectivity index (χ1v) is 8.36. The molecule has 1 amide bonds. The second-order valence-electron chi connectivity index (χ2n) is 5.43. The summed E-state index contributed by atoms with van der Waals surface area (Å²) in [5, 5.41) is 3.09. The van der Waals surface area contributed by atoms with Crippen LogP contribution in [0.2, 0.25) is 0 Å². The van der Waals surface area contributed by atoms with Crippen molar-refractivity contribution in [2.75, 3.05) is 11.1 Å². The van der Waals surface area contributed by atoms with Gasteiger partial charge in [-0.05, 0) is 37.6 Å². The SMILES string of the molecule is Cc1ccc(NC(=O)CSc2nc(=O)n3cc(C)ccc3n2)cc1. The van der Waals surface area contributed by atoms with E-state index >= 15 is 0 Å². The Hall–Kier alpha value is -2.67. The Morgan fingerprint density at radius 2 is 1.79 bits per heavy atom. The summed E-state index contributed by atoms with van der Waals surface area (Å²) in [6.45, 7) is 3.88. The molecule has 1 aromatic carbocycles. The molecule has 122 valence electrons. The summed E-state index contributed by atoms with van der Waals surface area (Å²) in [5.74, 6) is -0.0356. The van der Waals surface area contributed by atoms with E-state index in [0.29, 0.717) is 10.8 Å². The third-order valence-electron chi connectivity index (χ3n) is 3.35. The van der Waals surface area contributed by atoms with Crippen LogP contribution in [0.3, 0.4) is 0 Å². The number of amides is 1. The van der Waals surface area contributed by atoms with Gasteiger partial charge >= 0.3 is 5.69 Å². The van der Waals surface area contributed by atoms with Gasteiger partial charge in [0.1, 0.15) is 5.65 Å². The zero-order valence-corrected chi connectivity index (χ0v) is 14.1. The van der Waals surface area contributed by atoms with Crippen molar-refractivity contribution in [3.8, 4) is 0 Å². The third kappa shape index (κ3) is 3.80. The Morgan fingerprint density at radius 3 is 2.54 bits per heavy atom. The van der Waals surface area contributed by atoms with Crippen molar-refractivity contribution >= 4 is 29.0 Å². The van der Waals surface area contributed by atoms with Crippen molar-refractivity contribution in [2.45, 2.75) is 19.0 Å². The molecule has 3 aromatic rings. The predicted molar refractivity (Wildman–Crippen MR) is 94.5 cm³/mol. The highest BCUT2D eigenvalue weighted by Crippen LogP contribution is 2.14. The molecule has 0 aliphatic rings. The van der Waals surface area contributed by atoms with Crippen LogP contribution in [-0.4, -0.2) is 26.0 Å². The van der Waals surface area contributed by atoms with Crippen LogP contribution in [-0.2, 0) is 4.79 Å². The Kier molecular flexibility index (Phi) is 4.61. The van der Waals surface area contributed by atoms with E-state index < -0.39 is 5.69 Å². The lowest BCUT2D eigenvalue weighted by Crippen LogP contribution is -2.20. The second kappa shape index (κ2) is 6.84. The summed E-state index contributed by atoms with van der Waals surface area (Å²) >= 11 is 1.14. The van der Waals surface area contributed by atoms with E-state index in [1.54, 1.807) is 12.3 Å². The molecule has 24 heavy (non-hydrogen) atoms. The van der Waals surface area contributed by atoms with E-state index in [1.165, 1.54) is 4.40 Å². The molecular formula is C17H16N4O2S. The third-order valence-corrected chi connectivity index (χ3v) is 4.20. The van der Waals surface area contributed by atoms with Gasteiger partial charge in [0.25, 0.3) is 0 Å². The summed E-state index contributed by atoms with van der Waals surface area (Å²) in [7, 11) is 0. The fraction of sp³-hybridized carbons (Fsp3) is 0.176. The van der Waals surface area contributed by atoms with E-state index in [-0.39, 0.29) is 11.7 Å². The average molecular weight is 340 g/mol. The van der Waals surface area contributed by atoms with Crippen molar-refractivity contribution in [2.24, 2.45) is 0 Å². The zero-order valence-electron chi connectivity index (χ0n) is 13.3. The van der Waals surface area contributed by atoms with Gasteiger partial charge in [-0.1, -0.05) is 35.5 Å². The largest absolute Gasteiger partial charge is 0.355 e. The maximum absolute atomic E-state index is 12.0. The highest BCUT2D eigenvalue weighted by Gasteiger charge is 2.08. The number of nitrogens with zero attached hydrogens (tertiary/aromatic N) is 3. The average Bonchev–Trinajstić information content (AvgIpc) is 2.56. The highest BCUT2D eigenvalue weighted by atomic mass is 32.2. The zero-order chi connectivity index (χ0) is 17.1. The van der Waals surface area contributed by atoms with Gasteiger partial charge in [0, 0.05) is 11.9 Å². The number of pyridine rings is 1. The van der Waals surface area contributed by atoms with Gasteiger partial charge in [0.05, 0.1) is 5.75 Å². The second-order valence-corrected chi connectivity index (χ2v) is 6.37. The molecule has 6 nitrogen and oxygen atoms in total. The molecule has 1 N–H and O–H groups in total. The van der Waals surface area contributed by atoms with E-state index in [0.717, 1.165) is 28.6 Å². The van der Waals surface area contributed by atoms with Crippen molar-refractivity contribution in [3.63, 3.8) is 0 Å². The van der Waals surface area contributed by atoms with E-state index in [4.69, 9.17) is 0 Å². The molecule has 0 aliphatic carbocycles. The Balaban J connectivity index is 1.69. The van der Waals surface area contributed by atoms with Crippen LogP contribution in [0.25, 0.3) is 5.65 Å². The lowest BCUT2D eigenvalue weighted by Gasteiger charge is -2.06.